The van der Waals surface area contributed by atoms with Crippen LogP contribution < -0.4 is 10.6 Å². The topological polar surface area (TPSA) is 81.7 Å². The summed E-state index contributed by atoms with van der Waals surface area (Å²) in [6.07, 6.45) is 3.10. The molecule has 3 unspecified atom stereocenters. The van der Waals surface area contributed by atoms with Crippen LogP contribution in [0.25, 0.3) is 0 Å². The van der Waals surface area contributed by atoms with Gasteiger partial charge >= 0.3 is 12.0 Å². The van der Waals surface area contributed by atoms with Crippen LogP contribution in [0.1, 0.15) is 25.7 Å². The fraction of sp³-hybridized carbons (Fsp3) is 0.846. The van der Waals surface area contributed by atoms with Crippen LogP contribution in [0.15, 0.2) is 0 Å². The van der Waals surface area contributed by atoms with E-state index < -0.39 is 5.97 Å². The lowest BCUT2D eigenvalue weighted by Crippen LogP contribution is -2.43. The highest BCUT2D eigenvalue weighted by atomic mass is 16.4. The molecule has 0 aromatic rings. The number of nitrogens with one attached hydrogen (secondary N) is 2. The van der Waals surface area contributed by atoms with E-state index in [0.29, 0.717) is 25.3 Å². The number of hydrogen-bond acceptors (Lipinski definition) is 3. The molecule has 1 aliphatic heterocycles. The van der Waals surface area contributed by atoms with Crippen molar-refractivity contribution in [3.63, 3.8) is 0 Å². The minimum absolute atomic E-state index is 0.00681. The van der Waals surface area contributed by atoms with E-state index in [1.165, 1.54) is 0 Å². The Balaban J connectivity index is 1.63. The number of aliphatic carboxylic acids is 1. The summed E-state index contributed by atoms with van der Waals surface area (Å²) in [4.78, 5) is 24.8. The zero-order valence-corrected chi connectivity index (χ0v) is 11.4. The highest BCUT2D eigenvalue weighted by Gasteiger charge is 2.30. The fourth-order valence-electron chi connectivity index (χ4n) is 3.00. The van der Waals surface area contributed by atoms with Crippen molar-refractivity contribution >= 4 is 12.0 Å². The van der Waals surface area contributed by atoms with Gasteiger partial charge in [0.25, 0.3) is 0 Å². The number of carbonyl (C=O) groups excluding carboxylic acids is 1. The highest BCUT2D eigenvalue weighted by molar-refractivity contribution is 5.75. The van der Waals surface area contributed by atoms with Crippen molar-refractivity contribution in [2.24, 2.45) is 11.8 Å². The molecule has 2 rings (SSSR count). The lowest BCUT2D eigenvalue weighted by atomic mass is 10.1. The predicted molar refractivity (Wildman–Crippen MR) is 70.9 cm³/mol. The van der Waals surface area contributed by atoms with Crippen LogP contribution in [0.5, 0.6) is 0 Å². The molecule has 108 valence electrons. The first kappa shape index (κ1) is 14.1. The molecule has 2 amide bonds. The number of carboxylic acid groups (broad SMARTS) is 1. The number of urea groups is 1. The van der Waals surface area contributed by atoms with Gasteiger partial charge in [0.05, 0.1) is 5.92 Å². The van der Waals surface area contributed by atoms with Gasteiger partial charge in [-0.2, -0.15) is 0 Å². The van der Waals surface area contributed by atoms with E-state index in [0.717, 1.165) is 25.9 Å². The molecule has 3 N–H and O–H groups in total. The first-order valence-corrected chi connectivity index (χ1v) is 7.00. The number of rotatable bonds is 4. The lowest BCUT2D eigenvalue weighted by molar-refractivity contribution is -0.141. The largest absolute Gasteiger partial charge is 0.481 e. The molecule has 0 bridgehead atoms. The van der Waals surface area contributed by atoms with Crippen molar-refractivity contribution in [2.45, 2.75) is 31.7 Å². The van der Waals surface area contributed by atoms with E-state index in [4.69, 9.17) is 5.11 Å². The average molecular weight is 269 g/mol. The Kier molecular flexibility index (Phi) is 4.63. The number of nitrogens with zero attached hydrogens (tertiary/aromatic N) is 1. The molecular weight excluding hydrogens is 246 g/mol. The molecule has 2 aliphatic rings. The lowest BCUT2D eigenvalue weighted by Gasteiger charge is -2.15. The van der Waals surface area contributed by atoms with E-state index in [-0.39, 0.29) is 18.0 Å². The molecule has 19 heavy (non-hydrogen) atoms. The summed E-state index contributed by atoms with van der Waals surface area (Å²) in [7, 11) is 2.09. The normalized spacial score (nSPS) is 31.3. The van der Waals surface area contributed by atoms with E-state index >= 15 is 0 Å². The van der Waals surface area contributed by atoms with Gasteiger partial charge in [0.1, 0.15) is 0 Å². The van der Waals surface area contributed by atoms with Gasteiger partial charge in [-0.3, -0.25) is 4.79 Å². The van der Waals surface area contributed by atoms with E-state index in [2.05, 4.69) is 22.6 Å². The zero-order valence-electron chi connectivity index (χ0n) is 11.4. The summed E-state index contributed by atoms with van der Waals surface area (Å²) < 4.78 is 0. The van der Waals surface area contributed by atoms with Crippen LogP contribution in [-0.4, -0.2) is 54.7 Å². The van der Waals surface area contributed by atoms with E-state index in [1.54, 1.807) is 0 Å². The maximum atomic E-state index is 11.7. The third-order valence-electron chi connectivity index (χ3n) is 4.16. The monoisotopic (exact) mass is 269 g/mol. The number of carbonyl (C=O) groups is 2. The second-order valence-electron chi connectivity index (χ2n) is 5.82. The first-order chi connectivity index (χ1) is 9.04. The maximum Gasteiger partial charge on any atom is 0.315 e. The summed E-state index contributed by atoms with van der Waals surface area (Å²) in [6.45, 7) is 2.83. The van der Waals surface area contributed by atoms with Crippen LogP contribution in [0.4, 0.5) is 4.79 Å². The molecule has 3 atom stereocenters. The number of hydrogen-bond donors (Lipinski definition) is 3. The van der Waals surface area contributed by atoms with Crippen LogP contribution in [0, 0.1) is 11.8 Å². The molecule has 6 nitrogen and oxygen atoms in total. The fourth-order valence-corrected chi connectivity index (χ4v) is 3.00. The predicted octanol–water partition coefficient (Wildman–Crippen LogP) is 0.491. The van der Waals surface area contributed by atoms with Crippen LogP contribution in [0.3, 0.4) is 0 Å². The molecule has 6 heteroatoms. The average Bonchev–Trinajstić information content (AvgIpc) is 2.96. The van der Waals surface area contributed by atoms with Gasteiger partial charge in [0, 0.05) is 19.1 Å². The number of amides is 2. The second kappa shape index (κ2) is 6.23. The number of carboxylic acids is 1. The third-order valence-corrected chi connectivity index (χ3v) is 4.16. The smallest absolute Gasteiger partial charge is 0.315 e. The van der Waals surface area contributed by atoms with Gasteiger partial charge in [0.15, 0.2) is 0 Å². The minimum atomic E-state index is -0.751. The van der Waals surface area contributed by atoms with Crippen molar-refractivity contribution in [3.05, 3.63) is 0 Å². The van der Waals surface area contributed by atoms with Crippen molar-refractivity contribution in [2.75, 3.05) is 26.7 Å². The molecular formula is C13H23N3O3. The quantitative estimate of drug-likeness (QED) is 0.694. The summed E-state index contributed by atoms with van der Waals surface area (Å²) in [5, 5.41) is 14.7. The van der Waals surface area contributed by atoms with Gasteiger partial charge < -0.3 is 20.6 Å². The molecule has 0 aromatic heterocycles. The van der Waals surface area contributed by atoms with Gasteiger partial charge in [0.2, 0.25) is 0 Å². The Bertz CT molecular complexity index is 348. The van der Waals surface area contributed by atoms with Crippen molar-refractivity contribution in [1.82, 2.24) is 15.5 Å². The van der Waals surface area contributed by atoms with Gasteiger partial charge in [-0.25, -0.2) is 4.79 Å². The Morgan fingerprint density at radius 2 is 2.11 bits per heavy atom. The summed E-state index contributed by atoms with van der Waals surface area (Å²) in [6, 6.07) is -0.155. The Labute approximate surface area is 113 Å². The maximum absolute atomic E-state index is 11.7. The van der Waals surface area contributed by atoms with Gasteiger partial charge in [-0.05, 0) is 45.2 Å². The summed E-state index contributed by atoms with van der Waals surface area (Å²) >= 11 is 0. The van der Waals surface area contributed by atoms with Gasteiger partial charge in [-0.15, -0.1) is 0 Å². The SMILES string of the molecule is CN1CCC(CNC(=O)NC2CCC(C(=O)O)C2)C1. The number of likely N-dealkylation sites (tertiary alicyclic amines) is 1. The molecule has 0 radical (unpaired) electrons. The standard InChI is InChI=1S/C13H23N3O3/c1-16-5-4-9(8-16)7-14-13(19)15-11-3-2-10(6-11)12(17)18/h9-11H,2-8H2,1H3,(H,17,18)(H2,14,15,19). The van der Waals surface area contributed by atoms with Crippen molar-refractivity contribution in [1.29, 1.82) is 0 Å². The Morgan fingerprint density at radius 1 is 1.32 bits per heavy atom. The zero-order chi connectivity index (χ0) is 13.8. The minimum Gasteiger partial charge on any atom is -0.481 e. The van der Waals surface area contributed by atoms with E-state index in [1.807, 2.05) is 0 Å². The Morgan fingerprint density at radius 3 is 2.68 bits per heavy atom. The molecule has 1 saturated carbocycles. The second-order valence-corrected chi connectivity index (χ2v) is 5.82. The molecule has 0 spiro atoms. The molecule has 1 aliphatic carbocycles. The molecule has 0 aromatic carbocycles. The van der Waals surface area contributed by atoms with Crippen LogP contribution in [-0.2, 0) is 4.79 Å². The summed E-state index contributed by atoms with van der Waals surface area (Å²) in [5.41, 5.74) is 0. The summed E-state index contributed by atoms with van der Waals surface area (Å²) in [5.74, 6) is -0.515. The molecule has 1 saturated heterocycles. The van der Waals surface area contributed by atoms with Crippen molar-refractivity contribution < 1.29 is 14.7 Å². The van der Waals surface area contributed by atoms with Crippen LogP contribution >= 0.6 is 0 Å². The Hall–Kier alpha value is -1.30. The van der Waals surface area contributed by atoms with Crippen LogP contribution in [0.2, 0.25) is 0 Å². The van der Waals surface area contributed by atoms with Gasteiger partial charge in [-0.1, -0.05) is 0 Å². The third kappa shape index (κ3) is 4.09. The first-order valence-electron chi connectivity index (χ1n) is 7.00. The molecule has 2 fully saturated rings. The van der Waals surface area contributed by atoms with E-state index in [9.17, 15) is 9.59 Å². The molecule has 1 heterocycles. The highest BCUT2D eigenvalue weighted by Crippen LogP contribution is 2.25. The van der Waals surface area contributed by atoms with Crippen molar-refractivity contribution in [3.8, 4) is 0 Å².